The number of rotatable bonds is 2. The molecule has 60 valence electrons. The first kappa shape index (κ1) is 9.35. The van der Waals surface area contributed by atoms with Crippen LogP contribution in [-0.4, -0.2) is 35.1 Å². The molecule has 0 radical (unpaired) electrons. The fraction of sp³-hybridized carbons (Fsp3) is 0.800. The van der Waals surface area contributed by atoms with Crippen molar-refractivity contribution >= 4 is 5.97 Å². The minimum absolute atomic E-state index is 1.05. The van der Waals surface area contributed by atoms with E-state index in [2.05, 4.69) is 4.74 Å². The van der Waals surface area contributed by atoms with E-state index in [1.807, 2.05) is 0 Å². The van der Waals surface area contributed by atoms with Crippen molar-refractivity contribution in [3.8, 4) is 0 Å². The van der Waals surface area contributed by atoms with Crippen molar-refractivity contribution in [3.05, 3.63) is 0 Å². The molecule has 5 nitrogen and oxygen atoms in total. The number of hydrogen-bond donors (Lipinski definition) is 3. The number of nitrogens with two attached hydrogens (primary N) is 1. The molecule has 0 rings (SSSR count). The predicted molar refractivity (Wildman–Crippen MR) is 32.8 cm³/mol. The number of aliphatic hydroxyl groups is 2. The lowest BCUT2D eigenvalue weighted by Crippen LogP contribution is -2.56. The molecule has 0 spiro atoms. The van der Waals surface area contributed by atoms with Crippen LogP contribution >= 0.6 is 0 Å². The molecule has 0 saturated carbocycles. The van der Waals surface area contributed by atoms with E-state index in [1.165, 1.54) is 6.92 Å². The van der Waals surface area contributed by atoms with Crippen LogP contribution in [0.3, 0.4) is 0 Å². The lowest BCUT2D eigenvalue weighted by Gasteiger charge is -2.22. The Bertz CT molecular complexity index is 132. The van der Waals surface area contributed by atoms with Gasteiger partial charge in [-0.1, -0.05) is 0 Å². The Labute approximate surface area is 58.4 Å². The number of esters is 1. The molecule has 10 heavy (non-hydrogen) atoms. The molecule has 2 unspecified atom stereocenters. The zero-order valence-electron chi connectivity index (χ0n) is 5.87. The summed E-state index contributed by atoms with van der Waals surface area (Å²) in [7, 11) is 1.07. The largest absolute Gasteiger partial charge is 0.466 e. The maximum Gasteiger partial charge on any atom is 0.355 e. The Hall–Kier alpha value is -0.650. The zero-order valence-corrected chi connectivity index (χ0v) is 5.87. The summed E-state index contributed by atoms with van der Waals surface area (Å²) in [5.74, 6) is -1.05. The van der Waals surface area contributed by atoms with Crippen LogP contribution in [-0.2, 0) is 9.53 Å². The van der Waals surface area contributed by atoms with Gasteiger partial charge in [-0.15, -0.1) is 0 Å². The number of carbonyl (C=O) groups is 1. The molecular weight excluding hydrogens is 138 g/mol. The van der Waals surface area contributed by atoms with E-state index >= 15 is 0 Å². The molecule has 0 bridgehead atoms. The molecule has 2 atom stereocenters. The molecule has 0 aliphatic rings. The van der Waals surface area contributed by atoms with Crippen LogP contribution in [0.25, 0.3) is 0 Å². The van der Waals surface area contributed by atoms with Crippen molar-refractivity contribution < 1.29 is 19.7 Å². The summed E-state index contributed by atoms with van der Waals surface area (Å²) in [5, 5.41) is 17.6. The van der Waals surface area contributed by atoms with E-state index in [1.54, 1.807) is 0 Å². The molecule has 0 heterocycles. The maximum atomic E-state index is 10.5. The van der Waals surface area contributed by atoms with Crippen molar-refractivity contribution in [2.24, 2.45) is 5.73 Å². The third-order valence-corrected chi connectivity index (χ3v) is 1.15. The van der Waals surface area contributed by atoms with E-state index in [4.69, 9.17) is 15.9 Å². The lowest BCUT2D eigenvalue weighted by atomic mass is 10.1. The summed E-state index contributed by atoms with van der Waals surface area (Å²) in [5.41, 5.74) is 2.65. The van der Waals surface area contributed by atoms with Crippen molar-refractivity contribution in [1.82, 2.24) is 0 Å². The predicted octanol–water partition coefficient (Wildman–Crippen LogP) is -1.81. The first-order chi connectivity index (χ1) is 4.42. The first-order valence-electron chi connectivity index (χ1n) is 2.70. The third-order valence-electron chi connectivity index (χ3n) is 1.15. The van der Waals surface area contributed by atoms with E-state index in [0.717, 1.165) is 7.11 Å². The van der Waals surface area contributed by atoms with Crippen molar-refractivity contribution in [3.63, 3.8) is 0 Å². The fourth-order valence-electron chi connectivity index (χ4n) is 0.334. The number of carbonyl (C=O) groups excluding carboxylic acids is 1. The van der Waals surface area contributed by atoms with Gasteiger partial charge in [-0.2, -0.15) is 0 Å². The standard InChI is InChI=1S/C5H11NO4/c1-3(7)5(6,9)4(8)10-2/h3,7,9H,6H2,1-2H3. The van der Waals surface area contributed by atoms with Gasteiger partial charge in [0.15, 0.2) is 0 Å². The summed E-state index contributed by atoms with van der Waals surface area (Å²) < 4.78 is 4.10. The van der Waals surface area contributed by atoms with Crippen molar-refractivity contribution in [1.29, 1.82) is 0 Å². The van der Waals surface area contributed by atoms with Crippen LogP contribution in [0.15, 0.2) is 0 Å². The molecule has 0 aromatic rings. The minimum Gasteiger partial charge on any atom is -0.466 e. The highest BCUT2D eigenvalue weighted by Gasteiger charge is 2.37. The normalized spacial score (nSPS) is 19.3. The summed E-state index contributed by atoms with van der Waals surface area (Å²) in [6.07, 6.45) is -1.35. The molecule has 0 aliphatic heterocycles. The van der Waals surface area contributed by atoms with Crippen LogP contribution in [0.4, 0.5) is 0 Å². The van der Waals surface area contributed by atoms with E-state index in [-0.39, 0.29) is 0 Å². The maximum absolute atomic E-state index is 10.5. The van der Waals surface area contributed by atoms with Crippen LogP contribution in [0.2, 0.25) is 0 Å². The fourth-order valence-corrected chi connectivity index (χ4v) is 0.334. The smallest absolute Gasteiger partial charge is 0.355 e. The molecule has 0 aliphatic carbocycles. The highest BCUT2D eigenvalue weighted by atomic mass is 16.5. The van der Waals surface area contributed by atoms with Crippen LogP contribution in [0.1, 0.15) is 6.92 Å². The highest BCUT2D eigenvalue weighted by molar-refractivity contribution is 5.78. The Balaban J connectivity index is 4.24. The Morgan fingerprint density at radius 3 is 2.30 bits per heavy atom. The molecule has 0 aromatic carbocycles. The second-order valence-corrected chi connectivity index (χ2v) is 1.99. The van der Waals surface area contributed by atoms with Gasteiger partial charge in [0, 0.05) is 0 Å². The van der Waals surface area contributed by atoms with Gasteiger partial charge in [0.25, 0.3) is 0 Å². The molecule has 0 saturated heterocycles. The third kappa shape index (κ3) is 1.66. The van der Waals surface area contributed by atoms with Gasteiger partial charge in [-0.3, -0.25) is 5.73 Å². The van der Waals surface area contributed by atoms with Gasteiger partial charge in [0.1, 0.15) is 6.10 Å². The average Bonchev–Trinajstić information content (AvgIpc) is 1.86. The van der Waals surface area contributed by atoms with Gasteiger partial charge >= 0.3 is 5.97 Å². The van der Waals surface area contributed by atoms with Crippen molar-refractivity contribution in [2.75, 3.05) is 7.11 Å². The van der Waals surface area contributed by atoms with Crippen LogP contribution in [0, 0.1) is 0 Å². The van der Waals surface area contributed by atoms with Gasteiger partial charge in [-0.25, -0.2) is 4.79 Å². The minimum atomic E-state index is -2.30. The highest BCUT2D eigenvalue weighted by Crippen LogP contribution is 2.03. The Morgan fingerprint density at radius 2 is 2.20 bits per heavy atom. The molecule has 0 aromatic heterocycles. The van der Waals surface area contributed by atoms with E-state index < -0.39 is 17.8 Å². The Morgan fingerprint density at radius 1 is 1.80 bits per heavy atom. The number of aliphatic hydroxyl groups excluding tert-OH is 1. The number of methoxy groups -OCH3 is 1. The van der Waals surface area contributed by atoms with Crippen molar-refractivity contribution in [2.45, 2.75) is 18.8 Å². The number of hydrogen-bond acceptors (Lipinski definition) is 5. The summed E-state index contributed by atoms with van der Waals surface area (Å²) in [6, 6.07) is 0. The van der Waals surface area contributed by atoms with Gasteiger partial charge in [0.2, 0.25) is 5.72 Å². The summed E-state index contributed by atoms with van der Waals surface area (Å²) in [4.78, 5) is 10.5. The molecular formula is C5H11NO4. The van der Waals surface area contributed by atoms with Crippen LogP contribution < -0.4 is 5.73 Å². The Kier molecular flexibility index (Phi) is 2.77. The molecule has 5 heteroatoms. The topological polar surface area (TPSA) is 92.8 Å². The zero-order chi connectivity index (χ0) is 8.36. The monoisotopic (exact) mass is 149 g/mol. The quantitative estimate of drug-likeness (QED) is 0.318. The summed E-state index contributed by atoms with van der Waals surface area (Å²) in [6.45, 7) is 1.19. The molecule has 0 fully saturated rings. The first-order valence-corrected chi connectivity index (χ1v) is 2.70. The number of ether oxygens (including phenoxy) is 1. The van der Waals surface area contributed by atoms with E-state index in [0.29, 0.717) is 0 Å². The van der Waals surface area contributed by atoms with Gasteiger partial charge < -0.3 is 14.9 Å². The SMILES string of the molecule is COC(=O)C(N)(O)C(C)O. The van der Waals surface area contributed by atoms with E-state index in [9.17, 15) is 4.79 Å². The molecule has 4 N–H and O–H groups in total. The second-order valence-electron chi connectivity index (χ2n) is 1.99. The lowest BCUT2D eigenvalue weighted by molar-refractivity contribution is -0.172. The average molecular weight is 149 g/mol. The van der Waals surface area contributed by atoms with Gasteiger partial charge in [-0.05, 0) is 6.92 Å². The van der Waals surface area contributed by atoms with Gasteiger partial charge in [0.05, 0.1) is 7.11 Å². The second kappa shape index (κ2) is 2.96. The molecule has 0 amide bonds. The summed E-state index contributed by atoms with van der Waals surface area (Å²) >= 11 is 0. The van der Waals surface area contributed by atoms with Crippen LogP contribution in [0.5, 0.6) is 0 Å².